The number of anilines is 2. The molecule has 0 aliphatic rings. The maximum Gasteiger partial charge on any atom is 0.267 e. The molecule has 0 atom stereocenters. The number of nitrogens with zero attached hydrogens (tertiary/aromatic N) is 1. The van der Waals surface area contributed by atoms with Gasteiger partial charge in [0.2, 0.25) is 0 Å². The van der Waals surface area contributed by atoms with Gasteiger partial charge in [-0.3, -0.25) is 4.79 Å². The Morgan fingerprint density at radius 1 is 1.08 bits per heavy atom. The smallest absolute Gasteiger partial charge is 0.267 e. The number of carbonyl (C=O) groups is 1. The highest BCUT2D eigenvalue weighted by atomic mass is 16.3. The van der Waals surface area contributed by atoms with E-state index in [4.69, 9.17) is 0 Å². The van der Waals surface area contributed by atoms with E-state index in [0.29, 0.717) is 11.3 Å². The van der Waals surface area contributed by atoms with Gasteiger partial charge in [0.1, 0.15) is 17.4 Å². The molecule has 0 aliphatic carbocycles. The Morgan fingerprint density at radius 3 is 2.58 bits per heavy atom. The number of benzene rings is 3. The predicted molar refractivity (Wildman–Crippen MR) is 103 cm³/mol. The third kappa shape index (κ3) is 3.82. The molecule has 128 valence electrons. The summed E-state index contributed by atoms with van der Waals surface area (Å²) in [5.41, 5.74) is 1.98. The van der Waals surface area contributed by atoms with Gasteiger partial charge in [-0.15, -0.1) is 0 Å². The van der Waals surface area contributed by atoms with Gasteiger partial charge in [-0.05, 0) is 53.6 Å². The first-order chi connectivity index (χ1) is 12.6. The SMILES string of the molecule is Cc1cc(O)ccc1NC(=O)/C(C#N)=C\Nc1ccc2ccccc2c1. The van der Waals surface area contributed by atoms with Gasteiger partial charge in [0.25, 0.3) is 5.91 Å². The number of aromatic hydroxyl groups is 1. The van der Waals surface area contributed by atoms with Crippen LogP contribution in [0.25, 0.3) is 10.8 Å². The van der Waals surface area contributed by atoms with E-state index in [9.17, 15) is 15.2 Å². The summed E-state index contributed by atoms with van der Waals surface area (Å²) in [6, 6.07) is 20.2. The van der Waals surface area contributed by atoms with E-state index >= 15 is 0 Å². The van der Waals surface area contributed by atoms with Crippen molar-refractivity contribution >= 4 is 28.1 Å². The fourth-order valence-electron chi connectivity index (χ4n) is 2.56. The quantitative estimate of drug-likeness (QED) is 0.374. The lowest BCUT2D eigenvalue weighted by atomic mass is 10.1. The first-order valence-electron chi connectivity index (χ1n) is 8.03. The highest BCUT2D eigenvalue weighted by Gasteiger charge is 2.11. The third-order valence-corrected chi connectivity index (χ3v) is 3.96. The summed E-state index contributed by atoms with van der Waals surface area (Å²) in [6.07, 6.45) is 1.38. The predicted octanol–water partition coefficient (Wildman–Crippen LogP) is 4.31. The first-order valence-corrected chi connectivity index (χ1v) is 8.03. The van der Waals surface area contributed by atoms with Crippen LogP contribution in [0.4, 0.5) is 11.4 Å². The van der Waals surface area contributed by atoms with Gasteiger partial charge in [-0.25, -0.2) is 0 Å². The Labute approximate surface area is 151 Å². The molecule has 5 heteroatoms. The summed E-state index contributed by atoms with van der Waals surface area (Å²) in [4.78, 5) is 12.3. The van der Waals surface area contributed by atoms with E-state index in [1.807, 2.05) is 48.5 Å². The molecule has 3 rings (SSSR count). The van der Waals surface area contributed by atoms with E-state index in [1.165, 1.54) is 12.3 Å². The second-order valence-electron chi connectivity index (χ2n) is 5.83. The van der Waals surface area contributed by atoms with Crippen LogP contribution in [0.3, 0.4) is 0 Å². The number of hydrogen-bond acceptors (Lipinski definition) is 4. The number of phenolic OH excluding ortho intramolecular Hbond substituents is 1. The zero-order chi connectivity index (χ0) is 18.5. The van der Waals surface area contributed by atoms with Crippen molar-refractivity contribution in [2.24, 2.45) is 0 Å². The van der Waals surface area contributed by atoms with Crippen LogP contribution in [0.5, 0.6) is 5.75 Å². The normalized spacial score (nSPS) is 11.0. The standard InChI is InChI=1S/C21H17N3O2/c1-14-10-19(25)8-9-20(14)24-21(26)17(12-22)13-23-18-7-6-15-4-2-3-5-16(15)11-18/h2-11,13,23,25H,1H3,(H,24,26)/b17-13-. The number of rotatable bonds is 4. The minimum absolute atomic E-state index is 0.0503. The molecule has 1 amide bonds. The molecule has 3 N–H and O–H groups in total. The van der Waals surface area contributed by atoms with Crippen molar-refractivity contribution in [2.45, 2.75) is 6.92 Å². The molecule has 5 nitrogen and oxygen atoms in total. The molecular formula is C21H17N3O2. The number of phenols is 1. The number of nitriles is 1. The van der Waals surface area contributed by atoms with Crippen LogP contribution in [0.15, 0.2) is 72.4 Å². The van der Waals surface area contributed by atoms with Crippen LogP contribution in [0, 0.1) is 18.3 Å². The number of carbonyl (C=O) groups excluding carboxylic acids is 1. The fourth-order valence-corrected chi connectivity index (χ4v) is 2.56. The van der Waals surface area contributed by atoms with Gasteiger partial charge in [0.05, 0.1) is 0 Å². The molecule has 0 radical (unpaired) electrons. The van der Waals surface area contributed by atoms with Crippen molar-refractivity contribution < 1.29 is 9.90 Å². The second-order valence-corrected chi connectivity index (χ2v) is 5.83. The van der Waals surface area contributed by atoms with E-state index in [0.717, 1.165) is 16.5 Å². The maximum absolute atomic E-state index is 12.3. The molecule has 0 aliphatic heterocycles. The molecular weight excluding hydrogens is 326 g/mol. The van der Waals surface area contributed by atoms with Crippen molar-refractivity contribution in [1.82, 2.24) is 0 Å². The number of nitrogens with one attached hydrogen (secondary N) is 2. The Hall–Kier alpha value is -3.78. The molecule has 26 heavy (non-hydrogen) atoms. The van der Waals surface area contributed by atoms with Crippen molar-refractivity contribution in [2.75, 3.05) is 10.6 Å². The molecule has 0 heterocycles. The van der Waals surface area contributed by atoms with Gasteiger partial charge < -0.3 is 15.7 Å². The van der Waals surface area contributed by atoms with Crippen LogP contribution in [0.2, 0.25) is 0 Å². The van der Waals surface area contributed by atoms with E-state index in [2.05, 4.69) is 10.6 Å². The monoisotopic (exact) mass is 343 g/mol. The molecule has 0 fully saturated rings. The highest BCUT2D eigenvalue weighted by molar-refractivity contribution is 6.07. The van der Waals surface area contributed by atoms with Crippen molar-refractivity contribution in [3.8, 4) is 11.8 Å². The minimum atomic E-state index is -0.519. The van der Waals surface area contributed by atoms with Crippen molar-refractivity contribution in [1.29, 1.82) is 5.26 Å². The molecule has 0 bridgehead atoms. The van der Waals surface area contributed by atoms with Crippen molar-refractivity contribution in [3.63, 3.8) is 0 Å². The van der Waals surface area contributed by atoms with Gasteiger partial charge in [0.15, 0.2) is 0 Å². The summed E-state index contributed by atoms with van der Waals surface area (Å²) >= 11 is 0. The number of aryl methyl sites for hydroxylation is 1. The molecule has 0 saturated carbocycles. The van der Waals surface area contributed by atoms with Gasteiger partial charge >= 0.3 is 0 Å². The maximum atomic E-state index is 12.3. The Kier molecular flexibility index (Phi) is 4.86. The molecule has 3 aromatic rings. The number of fused-ring (bicyclic) bond motifs is 1. The summed E-state index contributed by atoms with van der Waals surface area (Å²) in [6.45, 7) is 1.76. The minimum Gasteiger partial charge on any atom is -0.508 e. The highest BCUT2D eigenvalue weighted by Crippen LogP contribution is 2.21. The largest absolute Gasteiger partial charge is 0.508 e. The lowest BCUT2D eigenvalue weighted by molar-refractivity contribution is -0.112. The number of hydrogen-bond donors (Lipinski definition) is 3. The topological polar surface area (TPSA) is 85.2 Å². The Bertz CT molecular complexity index is 1050. The van der Waals surface area contributed by atoms with Gasteiger partial charge in [0, 0.05) is 17.6 Å². The zero-order valence-electron chi connectivity index (χ0n) is 14.2. The van der Waals surface area contributed by atoms with Crippen LogP contribution in [0.1, 0.15) is 5.56 Å². The lowest BCUT2D eigenvalue weighted by Crippen LogP contribution is -2.15. The lowest BCUT2D eigenvalue weighted by Gasteiger charge is -2.08. The van der Waals surface area contributed by atoms with Crippen LogP contribution < -0.4 is 10.6 Å². The van der Waals surface area contributed by atoms with Crippen LogP contribution in [-0.2, 0) is 4.79 Å². The Morgan fingerprint density at radius 2 is 1.85 bits per heavy atom. The van der Waals surface area contributed by atoms with Crippen LogP contribution in [-0.4, -0.2) is 11.0 Å². The number of amides is 1. The molecule has 0 aromatic heterocycles. The van der Waals surface area contributed by atoms with Crippen LogP contribution >= 0.6 is 0 Å². The fraction of sp³-hybridized carbons (Fsp3) is 0.0476. The summed E-state index contributed by atoms with van der Waals surface area (Å²) in [5, 5.41) is 26.5. The van der Waals surface area contributed by atoms with Gasteiger partial charge in [-0.1, -0.05) is 30.3 Å². The summed E-state index contributed by atoms with van der Waals surface area (Å²) in [5.74, 6) is -0.399. The molecule has 0 saturated heterocycles. The average Bonchev–Trinajstić information content (AvgIpc) is 2.64. The summed E-state index contributed by atoms with van der Waals surface area (Å²) in [7, 11) is 0. The Balaban J connectivity index is 1.76. The third-order valence-electron chi connectivity index (χ3n) is 3.96. The molecule has 3 aromatic carbocycles. The van der Waals surface area contributed by atoms with Gasteiger partial charge in [-0.2, -0.15) is 5.26 Å². The van der Waals surface area contributed by atoms with Crippen molar-refractivity contribution in [3.05, 3.63) is 78.0 Å². The first kappa shape index (κ1) is 17.1. The molecule has 0 unspecified atom stereocenters. The van der Waals surface area contributed by atoms with E-state index in [-0.39, 0.29) is 11.3 Å². The summed E-state index contributed by atoms with van der Waals surface area (Å²) < 4.78 is 0. The molecule has 0 spiro atoms. The second kappa shape index (κ2) is 7.41. The zero-order valence-corrected chi connectivity index (χ0v) is 14.2. The van der Waals surface area contributed by atoms with E-state index in [1.54, 1.807) is 19.1 Å². The average molecular weight is 343 g/mol. The van der Waals surface area contributed by atoms with E-state index < -0.39 is 5.91 Å².